The molecule has 0 amide bonds. The van der Waals surface area contributed by atoms with Gasteiger partial charge in [0, 0.05) is 12.0 Å². The molecule has 0 bridgehead atoms. The van der Waals surface area contributed by atoms with Crippen LogP contribution in [0, 0.1) is 0 Å². The molecular formula is C13H14O3. The number of hydrogen-bond acceptors (Lipinski definition) is 3. The molecule has 2 rings (SSSR count). The van der Waals surface area contributed by atoms with E-state index >= 15 is 0 Å². The molecule has 0 saturated carbocycles. The van der Waals surface area contributed by atoms with Crippen LogP contribution in [0.4, 0.5) is 0 Å². The molecule has 16 heavy (non-hydrogen) atoms. The highest BCUT2D eigenvalue weighted by molar-refractivity contribution is 5.96. The molecule has 0 aliphatic carbocycles. The van der Waals surface area contributed by atoms with Crippen LogP contribution in [0.3, 0.4) is 0 Å². The van der Waals surface area contributed by atoms with Crippen LogP contribution < -0.4 is 0 Å². The van der Waals surface area contributed by atoms with Gasteiger partial charge in [-0.2, -0.15) is 0 Å². The maximum absolute atomic E-state index is 11.5. The lowest BCUT2D eigenvalue weighted by Gasteiger charge is -2.07. The van der Waals surface area contributed by atoms with E-state index in [2.05, 4.69) is 0 Å². The zero-order valence-corrected chi connectivity index (χ0v) is 9.50. The number of carbonyl (C=O) groups is 2. The molecule has 3 heteroatoms. The van der Waals surface area contributed by atoms with Crippen LogP contribution in [0.5, 0.6) is 0 Å². The van der Waals surface area contributed by atoms with Gasteiger partial charge in [0.15, 0.2) is 5.78 Å². The fourth-order valence-corrected chi connectivity index (χ4v) is 2.06. The van der Waals surface area contributed by atoms with Gasteiger partial charge in [-0.25, -0.2) is 0 Å². The number of carbonyl (C=O) groups excluding carboxylic acids is 2. The second kappa shape index (κ2) is 4.18. The van der Waals surface area contributed by atoms with Crippen molar-refractivity contribution < 1.29 is 14.3 Å². The number of ketones is 2. The van der Waals surface area contributed by atoms with Gasteiger partial charge in [0.05, 0.1) is 13.2 Å². The number of benzene rings is 1. The van der Waals surface area contributed by atoms with E-state index in [9.17, 15) is 9.59 Å². The van der Waals surface area contributed by atoms with Gasteiger partial charge in [-0.1, -0.05) is 6.07 Å². The van der Waals surface area contributed by atoms with Gasteiger partial charge >= 0.3 is 0 Å². The molecule has 0 radical (unpaired) electrons. The molecule has 0 unspecified atom stereocenters. The van der Waals surface area contributed by atoms with Crippen molar-refractivity contribution in [3.63, 3.8) is 0 Å². The van der Waals surface area contributed by atoms with Crippen molar-refractivity contribution in [2.75, 3.05) is 0 Å². The fraction of sp³-hybridized carbons (Fsp3) is 0.385. The third kappa shape index (κ3) is 2.04. The Hall–Kier alpha value is -1.48. The molecule has 1 aliphatic rings. The Morgan fingerprint density at radius 1 is 1.25 bits per heavy atom. The van der Waals surface area contributed by atoms with Crippen LogP contribution >= 0.6 is 0 Å². The van der Waals surface area contributed by atoms with Crippen molar-refractivity contribution in [1.29, 1.82) is 0 Å². The minimum atomic E-state index is 0.0344. The predicted molar refractivity (Wildman–Crippen MR) is 59.3 cm³/mol. The van der Waals surface area contributed by atoms with Gasteiger partial charge in [-0.05, 0) is 36.6 Å². The molecule has 3 nitrogen and oxygen atoms in total. The summed E-state index contributed by atoms with van der Waals surface area (Å²) in [6.07, 6.45) is 0.382. The first kappa shape index (κ1) is 11.0. The second-order valence-corrected chi connectivity index (χ2v) is 4.21. The second-order valence-electron chi connectivity index (χ2n) is 4.21. The van der Waals surface area contributed by atoms with E-state index in [1.807, 2.05) is 12.1 Å². The van der Waals surface area contributed by atoms with E-state index in [1.165, 1.54) is 0 Å². The summed E-state index contributed by atoms with van der Waals surface area (Å²) >= 11 is 0. The zero-order valence-electron chi connectivity index (χ0n) is 9.50. The van der Waals surface area contributed by atoms with Crippen molar-refractivity contribution >= 4 is 11.6 Å². The Morgan fingerprint density at radius 3 is 2.62 bits per heavy atom. The van der Waals surface area contributed by atoms with Gasteiger partial charge < -0.3 is 4.74 Å². The molecule has 84 valence electrons. The minimum absolute atomic E-state index is 0.0344. The van der Waals surface area contributed by atoms with Crippen molar-refractivity contribution in [2.45, 2.75) is 33.5 Å². The number of hydrogen-bond donors (Lipinski definition) is 0. The van der Waals surface area contributed by atoms with Gasteiger partial charge in [0.25, 0.3) is 0 Å². The Bertz CT molecular complexity index is 460. The average molecular weight is 218 g/mol. The molecule has 1 aromatic rings. The van der Waals surface area contributed by atoms with E-state index < -0.39 is 0 Å². The van der Waals surface area contributed by atoms with Crippen LogP contribution in [0.25, 0.3) is 0 Å². The summed E-state index contributed by atoms with van der Waals surface area (Å²) in [5, 5.41) is 0. The average Bonchev–Trinajstić information content (AvgIpc) is 2.62. The van der Waals surface area contributed by atoms with Gasteiger partial charge in [0.1, 0.15) is 5.78 Å². The van der Waals surface area contributed by atoms with Crippen LogP contribution in [0.1, 0.15) is 40.9 Å². The normalized spacial score (nSPS) is 13.6. The van der Waals surface area contributed by atoms with Crippen LogP contribution in [0.15, 0.2) is 12.1 Å². The molecule has 0 fully saturated rings. The van der Waals surface area contributed by atoms with E-state index in [1.54, 1.807) is 13.8 Å². The van der Waals surface area contributed by atoms with Crippen LogP contribution in [0.2, 0.25) is 0 Å². The molecular weight excluding hydrogens is 204 g/mol. The molecule has 1 aliphatic heterocycles. The van der Waals surface area contributed by atoms with E-state index in [0.717, 1.165) is 16.7 Å². The highest BCUT2D eigenvalue weighted by Crippen LogP contribution is 2.26. The minimum Gasteiger partial charge on any atom is -0.372 e. The highest BCUT2D eigenvalue weighted by Gasteiger charge is 2.19. The number of fused-ring (bicyclic) bond motifs is 1. The van der Waals surface area contributed by atoms with Gasteiger partial charge in [-0.15, -0.1) is 0 Å². The van der Waals surface area contributed by atoms with Crippen LogP contribution in [-0.2, 0) is 29.2 Å². The lowest BCUT2D eigenvalue weighted by Crippen LogP contribution is -2.04. The lowest BCUT2D eigenvalue weighted by molar-refractivity contribution is -0.116. The first-order valence-corrected chi connectivity index (χ1v) is 5.30. The molecule has 0 aromatic heterocycles. The Balaban J connectivity index is 2.47. The topological polar surface area (TPSA) is 43.4 Å². The van der Waals surface area contributed by atoms with E-state index in [4.69, 9.17) is 4.74 Å². The quantitative estimate of drug-likeness (QED) is 0.729. The maximum atomic E-state index is 11.5. The SMILES string of the molecule is CC(=O)Cc1cc2c(c(C(C)=O)c1)COC2. The fourth-order valence-electron chi connectivity index (χ4n) is 2.06. The predicted octanol–water partition coefficient (Wildman–Crippen LogP) is 2.05. The Morgan fingerprint density at radius 2 is 2.00 bits per heavy atom. The first-order valence-electron chi connectivity index (χ1n) is 5.30. The Kier molecular flexibility index (Phi) is 2.88. The monoisotopic (exact) mass is 218 g/mol. The molecule has 0 spiro atoms. The van der Waals surface area contributed by atoms with E-state index in [0.29, 0.717) is 25.2 Å². The summed E-state index contributed by atoms with van der Waals surface area (Å²) in [6, 6.07) is 3.79. The summed E-state index contributed by atoms with van der Waals surface area (Å²) in [5.41, 5.74) is 3.64. The van der Waals surface area contributed by atoms with Crippen molar-refractivity contribution in [3.05, 3.63) is 34.4 Å². The standard InChI is InChI=1S/C13H14O3/c1-8(14)3-10-4-11-6-16-7-13(11)12(5-10)9(2)15/h4-5H,3,6-7H2,1-2H3. The molecule has 0 saturated heterocycles. The highest BCUT2D eigenvalue weighted by atomic mass is 16.5. The van der Waals surface area contributed by atoms with Crippen LogP contribution in [-0.4, -0.2) is 11.6 Å². The number of rotatable bonds is 3. The smallest absolute Gasteiger partial charge is 0.160 e. The van der Waals surface area contributed by atoms with E-state index in [-0.39, 0.29) is 11.6 Å². The number of Topliss-reactive ketones (excluding diaryl/α,β-unsaturated/α-hetero) is 2. The largest absolute Gasteiger partial charge is 0.372 e. The molecule has 0 N–H and O–H groups in total. The summed E-state index contributed by atoms with van der Waals surface area (Å²) in [7, 11) is 0. The zero-order chi connectivity index (χ0) is 11.7. The van der Waals surface area contributed by atoms with Crippen molar-refractivity contribution in [3.8, 4) is 0 Å². The summed E-state index contributed by atoms with van der Waals surface area (Å²) in [6.45, 7) is 4.15. The first-order chi connectivity index (χ1) is 7.58. The molecule has 1 heterocycles. The third-order valence-electron chi connectivity index (χ3n) is 2.74. The summed E-state index contributed by atoms with van der Waals surface area (Å²) in [5.74, 6) is 0.139. The van der Waals surface area contributed by atoms with Crippen molar-refractivity contribution in [1.82, 2.24) is 0 Å². The lowest BCUT2D eigenvalue weighted by atomic mass is 9.95. The van der Waals surface area contributed by atoms with Gasteiger partial charge in [0.2, 0.25) is 0 Å². The Labute approximate surface area is 94.4 Å². The number of ether oxygens (including phenoxy) is 1. The molecule has 1 aromatic carbocycles. The summed E-state index contributed by atoms with van der Waals surface area (Å²) in [4.78, 5) is 22.6. The van der Waals surface area contributed by atoms with Gasteiger partial charge in [-0.3, -0.25) is 9.59 Å². The molecule has 0 atom stereocenters. The maximum Gasteiger partial charge on any atom is 0.160 e. The third-order valence-corrected chi connectivity index (χ3v) is 2.74. The summed E-state index contributed by atoms with van der Waals surface area (Å²) < 4.78 is 5.33. The van der Waals surface area contributed by atoms with Crippen molar-refractivity contribution in [2.24, 2.45) is 0 Å².